The average Bonchev–Trinajstić information content (AvgIpc) is 3.00. The highest BCUT2D eigenvalue weighted by Gasteiger charge is 1.98. The van der Waals surface area contributed by atoms with Gasteiger partial charge in [-0.05, 0) is 20.8 Å². The maximum Gasteiger partial charge on any atom is 0.397 e. The second-order valence-corrected chi connectivity index (χ2v) is 3.15. The highest BCUT2D eigenvalue weighted by Crippen LogP contribution is 1.81. The van der Waals surface area contributed by atoms with E-state index >= 15 is 0 Å². The van der Waals surface area contributed by atoms with E-state index in [4.69, 9.17) is 19.5 Å². The molecule has 0 atom stereocenters. The van der Waals surface area contributed by atoms with Crippen LogP contribution in [0, 0.1) is 0 Å². The van der Waals surface area contributed by atoms with E-state index < -0.39 is 10.4 Å². The zero-order chi connectivity index (χ0) is 33.4. The second-order valence-electron chi connectivity index (χ2n) is 2.06. The van der Waals surface area contributed by atoms with E-state index in [-0.39, 0.29) is 19.8 Å². The predicted molar refractivity (Wildman–Crippen MR) is 172 cm³/mol. The highest BCUT2D eigenvalue weighted by molar-refractivity contribution is 7.80. The van der Waals surface area contributed by atoms with Crippen LogP contribution in [0.5, 0.6) is 0 Å². The molecule has 3 N–H and O–H groups in total. The fourth-order valence-electron chi connectivity index (χ4n) is 0.353. The maximum absolute atomic E-state index is 9.56. The van der Waals surface area contributed by atoms with Gasteiger partial charge in [0.2, 0.25) is 0 Å². The zero-order valence-corrected chi connectivity index (χ0v) is 24.9. The molecule has 0 spiro atoms. The Morgan fingerprint density at radius 1 is 0.472 bits per heavy atom. The van der Waals surface area contributed by atoms with Gasteiger partial charge in [0.05, 0.1) is 19.8 Å². The third-order valence-corrected chi connectivity index (χ3v) is 1.31. The molecule has 0 heterocycles. The van der Waals surface area contributed by atoms with Crippen molar-refractivity contribution in [2.24, 2.45) is 0 Å². The zero-order valence-electron chi connectivity index (χ0n) is 24.1. The summed E-state index contributed by atoms with van der Waals surface area (Å²) in [4.78, 5) is 0. The topological polar surface area (TPSA) is 113 Å². The quantitative estimate of drug-likeness (QED) is 0.239. The summed E-state index contributed by atoms with van der Waals surface area (Å²) in [6.45, 7) is 66.9. The lowest BCUT2D eigenvalue weighted by Crippen LogP contribution is -2.01. The molecule has 0 aromatic carbocycles. The molecule has 0 amide bonds. The molecule has 0 bridgehead atoms. The van der Waals surface area contributed by atoms with Crippen molar-refractivity contribution in [2.75, 3.05) is 33.0 Å². The molecular formula is C28H62O7S. The number of rotatable bonds is 5. The van der Waals surface area contributed by atoms with Crippen molar-refractivity contribution in [2.45, 2.75) is 20.8 Å². The van der Waals surface area contributed by atoms with Gasteiger partial charge in [0.1, 0.15) is 0 Å². The van der Waals surface area contributed by atoms with Crippen molar-refractivity contribution in [3.05, 3.63) is 132 Å². The molecule has 0 aromatic rings. The number of ether oxygens (including phenoxy) is 1. The van der Waals surface area contributed by atoms with Gasteiger partial charge in [-0.2, -0.15) is 8.42 Å². The van der Waals surface area contributed by atoms with Crippen LogP contribution < -0.4 is 0 Å². The summed E-state index contributed by atoms with van der Waals surface area (Å²) < 4.78 is 35.5. The van der Waals surface area contributed by atoms with Crippen LogP contribution in [0.1, 0.15) is 20.8 Å². The van der Waals surface area contributed by atoms with Crippen molar-refractivity contribution in [3.63, 3.8) is 0 Å². The SMILES string of the molecule is C=C.C=C.C=C.C=C.C=C.C=C.C=C.C=C.C=C.C=C.CCOCC.CCOS(=O)(=O)O.OCCO. The Bertz CT molecular complexity index is 289. The summed E-state index contributed by atoms with van der Waals surface area (Å²) in [6, 6.07) is 0. The summed E-state index contributed by atoms with van der Waals surface area (Å²) in [6.07, 6.45) is 0. The van der Waals surface area contributed by atoms with Crippen LogP contribution >= 0.6 is 0 Å². The molecule has 0 aliphatic carbocycles. The van der Waals surface area contributed by atoms with Gasteiger partial charge in [0.15, 0.2) is 0 Å². The Balaban J connectivity index is -0.0000000151. The standard InChI is InChI=1S/C4H10O.C2H6O4S.C2H6O2.10C2H4/c1-3-5-4-2;1-2-6-7(3,4)5;3-1-2-4;10*1-2/h3-4H2,1-2H3;2H2,1H3,(H,3,4,5);3-4H,1-2H2;10*1-2H2. The third-order valence-electron chi connectivity index (χ3n) is 0.775. The van der Waals surface area contributed by atoms with Gasteiger partial charge in [0.25, 0.3) is 0 Å². The number of hydrogen-bond acceptors (Lipinski definition) is 6. The molecule has 0 aliphatic heterocycles. The first-order valence-corrected chi connectivity index (χ1v) is 11.2. The highest BCUT2D eigenvalue weighted by atomic mass is 32.3. The van der Waals surface area contributed by atoms with Gasteiger partial charge in [-0.25, -0.2) is 4.18 Å². The minimum absolute atomic E-state index is 0.0289. The fourth-order valence-corrected chi connectivity index (χ4v) is 0.651. The van der Waals surface area contributed by atoms with Crippen LogP contribution in [0.15, 0.2) is 132 Å². The van der Waals surface area contributed by atoms with E-state index in [1.54, 1.807) is 0 Å². The Labute approximate surface area is 227 Å². The first kappa shape index (κ1) is 84.4. The van der Waals surface area contributed by atoms with E-state index in [2.05, 4.69) is 136 Å². The summed E-state index contributed by atoms with van der Waals surface area (Å²) in [7, 11) is -4.17. The molecule has 222 valence electrons. The Morgan fingerprint density at radius 2 is 0.639 bits per heavy atom. The molecule has 0 saturated heterocycles. The first-order valence-electron chi connectivity index (χ1n) is 9.80. The van der Waals surface area contributed by atoms with E-state index in [1.807, 2.05) is 13.8 Å². The lowest BCUT2D eigenvalue weighted by atomic mass is 10.8. The molecule has 0 unspecified atom stereocenters. The van der Waals surface area contributed by atoms with E-state index in [0.29, 0.717) is 0 Å². The predicted octanol–water partition coefficient (Wildman–Crippen LogP) is 7.86. The summed E-state index contributed by atoms with van der Waals surface area (Å²) in [5.41, 5.74) is 0. The van der Waals surface area contributed by atoms with Crippen LogP contribution in [0.3, 0.4) is 0 Å². The van der Waals surface area contributed by atoms with E-state index in [0.717, 1.165) is 13.2 Å². The lowest BCUT2D eigenvalue weighted by Gasteiger charge is -1.88. The van der Waals surface area contributed by atoms with Crippen LogP contribution in [0.25, 0.3) is 0 Å². The van der Waals surface area contributed by atoms with Crippen LogP contribution in [-0.2, 0) is 19.3 Å². The molecule has 8 heteroatoms. The first-order chi connectivity index (χ1) is 17.4. The van der Waals surface area contributed by atoms with Crippen LogP contribution in [-0.4, -0.2) is 56.2 Å². The average molecular weight is 543 g/mol. The summed E-state index contributed by atoms with van der Waals surface area (Å²) in [5.74, 6) is 0. The minimum Gasteiger partial charge on any atom is -0.394 e. The van der Waals surface area contributed by atoms with Crippen LogP contribution in [0.4, 0.5) is 0 Å². The van der Waals surface area contributed by atoms with Crippen molar-refractivity contribution in [3.8, 4) is 0 Å². The van der Waals surface area contributed by atoms with Gasteiger partial charge in [-0.3, -0.25) is 4.55 Å². The molecule has 0 aliphatic rings. The Morgan fingerprint density at radius 3 is 0.639 bits per heavy atom. The number of aliphatic hydroxyl groups is 2. The Hall–Kier alpha value is -2.85. The number of hydrogen-bond donors (Lipinski definition) is 3. The van der Waals surface area contributed by atoms with Crippen molar-refractivity contribution in [1.29, 1.82) is 0 Å². The van der Waals surface area contributed by atoms with Crippen molar-refractivity contribution >= 4 is 10.4 Å². The normalized spacial score (nSPS) is 5.39. The monoisotopic (exact) mass is 542 g/mol. The largest absolute Gasteiger partial charge is 0.397 e. The summed E-state index contributed by atoms with van der Waals surface area (Å²) in [5, 5.41) is 15.2. The molecule has 7 nitrogen and oxygen atoms in total. The van der Waals surface area contributed by atoms with Crippen molar-refractivity contribution in [1.82, 2.24) is 0 Å². The molecule has 0 radical (unpaired) electrons. The number of aliphatic hydroxyl groups excluding tert-OH is 2. The molecular weight excluding hydrogens is 480 g/mol. The van der Waals surface area contributed by atoms with Gasteiger partial charge in [0, 0.05) is 13.2 Å². The lowest BCUT2D eigenvalue weighted by molar-refractivity contribution is 0.162. The molecule has 36 heavy (non-hydrogen) atoms. The molecule has 0 fully saturated rings. The minimum atomic E-state index is -4.17. The Kier molecular flexibility index (Phi) is 710. The molecule has 0 aromatic heterocycles. The second kappa shape index (κ2) is 303. The smallest absolute Gasteiger partial charge is 0.394 e. The summed E-state index contributed by atoms with van der Waals surface area (Å²) >= 11 is 0. The fraction of sp³-hybridized carbons (Fsp3) is 0.286. The maximum atomic E-state index is 9.56. The van der Waals surface area contributed by atoms with Gasteiger partial charge >= 0.3 is 10.4 Å². The van der Waals surface area contributed by atoms with Crippen LogP contribution in [0.2, 0.25) is 0 Å². The van der Waals surface area contributed by atoms with Gasteiger partial charge in [-0.1, -0.05) is 0 Å². The van der Waals surface area contributed by atoms with Gasteiger partial charge in [-0.15, -0.1) is 132 Å². The molecule has 0 saturated carbocycles. The molecule has 0 rings (SSSR count). The van der Waals surface area contributed by atoms with E-state index in [9.17, 15) is 8.42 Å². The van der Waals surface area contributed by atoms with E-state index in [1.165, 1.54) is 6.92 Å². The third kappa shape index (κ3) is 1640. The van der Waals surface area contributed by atoms with Crippen molar-refractivity contribution < 1.29 is 32.1 Å². The van der Waals surface area contributed by atoms with Gasteiger partial charge < -0.3 is 14.9 Å².